The van der Waals surface area contributed by atoms with Gasteiger partial charge in [0.2, 0.25) is 0 Å². The summed E-state index contributed by atoms with van der Waals surface area (Å²) in [5.74, 6) is -0.844. The van der Waals surface area contributed by atoms with Crippen molar-refractivity contribution in [1.29, 1.82) is 0 Å². The Hall–Kier alpha value is -3.72. The third-order valence-corrected chi connectivity index (χ3v) is 3.77. The zero-order valence-electron chi connectivity index (χ0n) is 15.6. The average Bonchev–Trinajstić information content (AvgIpc) is 2.75. The van der Waals surface area contributed by atoms with Crippen molar-refractivity contribution in [2.24, 2.45) is 0 Å². The molecule has 0 aliphatic rings. The van der Waals surface area contributed by atoms with Crippen molar-refractivity contribution in [2.45, 2.75) is 0 Å². The van der Waals surface area contributed by atoms with Gasteiger partial charge in [0.1, 0.15) is 12.4 Å². The summed E-state index contributed by atoms with van der Waals surface area (Å²) >= 11 is 4.99. The van der Waals surface area contributed by atoms with Gasteiger partial charge in [-0.15, -0.1) is 0 Å². The minimum atomic E-state index is -0.503. The van der Waals surface area contributed by atoms with Crippen LogP contribution in [0.2, 0.25) is 0 Å². The Morgan fingerprint density at radius 1 is 0.931 bits per heavy atom. The van der Waals surface area contributed by atoms with Gasteiger partial charge in [-0.25, -0.2) is 4.79 Å². The summed E-state index contributed by atoms with van der Waals surface area (Å²) in [5, 5.41) is 2.33. The number of amides is 2. The molecule has 0 spiro atoms. The van der Waals surface area contributed by atoms with Crippen LogP contribution in [0.3, 0.4) is 0 Å². The van der Waals surface area contributed by atoms with Crippen LogP contribution >= 0.6 is 12.2 Å². The van der Waals surface area contributed by atoms with E-state index in [1.807, 2.05) is 0 Å². The quantitative estimate of drug-likeness (QED) is 0.288. The van der Waals surface area contributed by atoms with Gasteiger partial charge < -0.3 is 9.47 Å². The predicted molar refractivity (Wildman–Crippen MR) is 111 cm³/mol. The van der Waals surface area contributed by atoms with Crippen LogP contribution in [0.5, 0.6) is 5.75 Å². The molecule has 0 aliphatic carbocycles. The molecule has 3 N–H and O–H groups in total. The molecule has 9 heteroatoms. The van der Waals surface area contributed by atoms with E-state index in [9.17, 15) is 14.4 Å². The molecule has 2 rings (SSSR count). The third-order valence-electron chi connectivity index (χ3n) is 3.57. The van der Waals surface area contributed by atoms with Crippen molar-refractivity contribution in [3.8, 4) is 5.75 Å². The number of benzene rings is 2. The second kappa shape index (κ2) is 10.6. The summed E-state index contributed by atoms with van der Waals surface area (Å²) in [4.78, 5) is 35.7. The number of thiocarbonyl (C=S) groups is 1. The summed E-state index contributed by atoms with van der Waals surface area (Å²) in [6.45, 7) is 3.93. The van der Waals surface area contributed by atoms with E-state index in [1.54, 1.807) is 30.3 Å². The van der Waals surface area contributed by atoms with Crippen molar-refractivity contribution < 1.29 is 23.9 Å². The first kappa shape index (κ1) is 21.6. The molecule has 150 valence electrons. The van der Waals surface area contributed by atoms with Gasteiger partial charge in [-0.1, -0.05) is 12.7 Å². The standard InChI is InChI=1S/C20H19N3O5S/c1-3-12-28-16-10-8-14(9-11-16)18(25)22-23-20(29)21-17(24)13-4-6-15(7-5-13)19(26)27-2/h3-11H,1,12H2,2H3,(H,22,25)(H2,21,23,24,29). The van der Waals surface area contributed by atoms with Gasteiger partial charge in [0.05, 0.1) is 12.7 Å². The Bertz CT molecular complexity index is 911. The molecular formula is C20H19N3O5S. The van der Waals surface area contributed by atoms with Crippen LogP contribution < -0.4 is 20.9 Å². The van der Waals surface area contributed by atoms with E-state index in [4.69, 9.17) is 17.0 Å². The lowest BCUT2D eigenvalue weighted by Crippen LogP contribution is -2.48. The van der Waals surface area contributed by atoms with Gasteiger partial charge in [0.25, 0.3) is 11.8 Å². The number of methoxy groups -OCH3 is 1. The topological polar surface area (TPSA) is 106 Å². The zero-order valence-corrected chi connectivity index (χ0v) is 16.4. The Balaban J connectivity index is 1.84. The number of carbonyl (C=O) groups is 3. The van der Waals surface area contributed by atoms with Crippen LogP contribution in [-0.4, -0.2) is 36.6 Å². The number of hydrogen-bond donors (Lipinski definition) is 3. The summed E-state index contributed by atoms with van der Waals surface area (Å²) in [7, 11) is 1.27. The van der Waals surface area contributed by atoms with Crippen LogP contribution in [0.25, 0.3) is 0 Å². The lowest BCUT2D eigenvalue weighted by Gasteiger charge is -2.11. The Morgan fingerprint density at radius 3 is 2.07 bits per heavy atom. The lowest BCUT2D eigenvalue weighted by molar-refractivity contribution is 0.0600. The number of rotatable bonds is 6. The van der Waals surface area contributed by atoms with E-state index in [-0.39, 0.29) is 10.7 Å². The minimum absolute atomic E-state index is 0.0914. The molecule has 2 aromatic rings. The summed E-state index contributed by atoms with van der Waals surface area (Å²) < 4.78 is 9.94. The molecule has 0 fully saturated rings. The van der Waals surface area contributed by atoms with Gasteiger partial charge in [-0.3, -0.25) is 25.8 Å². The Kier molecular flexibility index (Phi) is 7.87. The number of nitrogens with one attached hydrogen (secondary N) is 3. The molecule has 0 atom stereocenters. The Labute approximate surface area is 172 Å². The maximum atomic E-state index is 12.2. The molecule has 0 aliphatic heterocycles. The molecule has 0 unspecified atom stereocenters. The molecule has 0 heterocycles. The smallest absolute Gasteiger partial charge is 0.337 e. The van der Waals surface area contributed by atoms with Gasteiger partial charge in [-0.05, 0) is 60.7 Å². The highest BCUT2D eigenvalue weighted by molar-refractivity contribution is 7.80. The van der Waals surface area contributed by atoms with Crippen LogP contribution in [0, 0.1) is 0 Å². The fourth-order valence-corrected chi connectivity index (χ4v) is 2.27. The second-order valence-corrected chi connectivity index (χ2v) is 5.96. The number of carbonyl (C=O) groups excluding carboxylic acids is 3. The zero-order chi connectivity index (χ0) is 21.2. The van der Waals surface area contributed by atoms with Crippen molar-refractivity contribution in [3.05, 3.63) is 77.9 Å². The van der Waals surface area contributed by atoms with Crippen molar-refractivity contribution in [3.63, 3.8) is 0 Å². The highest BCUT2D eigenvalue weighted by atomic mass is 32.1. The molecule has 29 heavy (non-hydrogen) atoms. The van der Waals surface area contributed by atoms with Crippen LogP contribution in [0.15, 0.2) is 61.2 Å². The maximum absolute atomic E-state index is 12.2. The predicted octanol–water partition coefficient (Wildman–Crippen LogP) is 1.99. The Morgan fingerprint density at radius 2 is 1.48 bits per heavy atom. The number of hydrogen-bond acceptors (Lipinski definition) is 6. The first-order valence-corrected chi connectivity index (χ1v) is 8.79. The van der Waals surface area contributed by atoms with Gasteiger partial charge in [0.15, 0.2) is 5.11 Å². The highest BCUT2D eigenvalue weighted by Crippen LogP contribution is 2.12. The molecule has 0 aromatic heterocycles. The van der Waals surface area contributed by atoms with Crippen molar-refractivity contribution >= 4 is 35.1 Å². The summed E-state index contributed by atoms with van der Waals surface area (Å²) in [6.07, 6.45) is 1.62. The van der Waals surface area contributed by atoms with Crippen LogP contribution in [-0.2, 0) is 4.74 Å². The van der Waals surface area contributed by atoms with Crippen molar-refractivity contribution in [2.75, 3.05) is 13.7 Å². The van der Waals surface area contributed by atoms with Gasteiger partial charge >= 0.3 is 5.97 Å². The van der Waals surface area contributed by atoms with Crippen molar-refractivity contribution in [1.82, 2.24) is 16.2 Å². The number of hydrazine groups is 1. The maximum Gasteiger partial charge on any atom is 0.337 e. The number of ether oxygens (including phenoxy) is 2. The first-order valence-electron chi connectivity index (χ1n) is 8.38. The van der Waals surface area contributed by atoms with E-state index in [2.05, 4.69) is 27.5 Å². The first-order chi connectivity index (χ1) is 13.9. The fraction of sp³-hybridized carbons (Fsp3) is 0.100. The summed E-state index contributed by atoms with van der Waals surface area (Å²) in [6, 6.07) is 12.3. The van der Waals surface area contributed by atoms with E-state index in [1.165, 1.54) is 31.4 Å². The molecule has 2 amide bonds. The largest absolute Gasteiger partial charge is 0.490 e. The van der Waals surface area contributed by atoms with Crippen LogP contribution in [0.1, 0.15) is 31.1 Å². The summed E-state index contributed by atoms with van der Waals surface area (Å²) in [5.41, 5.74) is 5.81. The fourth-order valence-electron chi connectivity index (χ4n) is 2.13. The van der Waals surface area contributed by atoms with Gasteiger partial charge in [-0.2, -0.15) is 0 Å². The molecule has 0 bridgehead atoms. The van der Waals surface area contributed by atoms with E-state index >= 15 is 0 Å². The average molecular weight is 413 g/mol. The monoisotopic (exact) mass is 413 g/mol. The van der Waals surface area contributed by atoms with E-state index in [0.29, 0.717) is 23.5 Å². The molecule has 0 saturated carbocycles. The second-order valence-electron chi connectivity index (χ2n) is 5.56. The van der Waals surface area contributed by atoms with E-state index < -0.39 is 17.8 Å². The van der Waals surface area contributed by atoms with Gasteiger partial charge in [0, 0.05) is 11.1 Å². The molecule has 0 saturated heterocycles. The SMILES string of the molecule is C=CCOc1ccc(C(=O)NNC(=S)NC(=O)c2ccc(C(=O)OC)cc2)cc1. The minimum Gasteiger partial charge on any atom is -0.490 e. The lowest BCUT2D eigenvalue weighted by atomic mass is 10.1. The van der Waals surface area contributed by atoms with E-state index in [0.717, 1.165) is 0 Å². The number of esters is 1. The highest BCUT2D eigenvalue weighted by Gasteiger charge is 2.11. The molecule has 2 aromatic carbocycles. The molecular weight excluding hydrogens is 394 g/mol. The molecule has 0 radical (unpaired) electrons. The normalized spacial score (nSPS) is 9.69. The third kappa shape index (κ3) is 6.43. The van der Waals surface area contributed by atoms with Crippen LogP contribution in [0.4, 0.5) is 0 Å². The molecule has 8 nitrogen and oxygen atoms in total.